The lowest BCUT2D eigenvalue weighted by Crippen LogP contribution is -2.49. The van der Waals surface area contributed by atoms with Crippen LogP contribution in [0.2, 0.25) is 0 Å². The van der Waals surface area contributed by atoms with Crippen molar-refractivity contribution in [3.05, 3.63) is 83.9 Å². The summed E-state index contributed by atoms with van der Waals surface area (Å²) in [6.45, 7) is 4.58. The van der Waals surface area contributed by atoms with Gasteiger partial charge in [-0.3, -0.25) is 4.79 Å². The number of aromatic nitrogens is 3. The zero-order valence-electron chi connectivity index (χ0n) is 21.8. The van der Waals surface area contributed by atoms with Gasteiger partial charge in [-0.25, -0.2) is 14.4 Å². The van der Waals surface area contributed by atoms with E-state index < -0.39 is 0 Å². The van der Waals surface area contributed by atoms with Gasteiger partial charge in [-0.1, -0.05) is 30.3 Å². The summed E-state index contributed by atoms with van der Waals surface area (Å²) in [7, 11) is 1.65. The fourth-order valence-electron chi connectivity index (χ4n) is 4.81. The number of pyridine rings is 1. The number of imidazole rings is 1. The smallest absolute Gasteiger partial charge is 0.222 e. The van der Waals surface area contributed by atoms with Gasteiger partial charge in [0.1, 0.15) is 23.2 Å². The molecule has 5 rings (SSSR count). The van der Waals surface area contributed by atoms with Gasteiger partial charge in [0.25, 0.3) is 0 Å². The summed E-state index contributed by atoms with van der Waals surface area (Å²) < 4.78 is 19.1. The van der Waals surface area contributed by atoms with E-state index in [0.717, 1.165) is 47.2 Å². The summed E-state index contributed by atoms with van der Waals surface area (Å²) in [6.07, 6.45) is 3.61. The normalized spacial score (nSPS) is 13.6. The highest BCUT2D eigenvalue weighted by Gasteiger charge is 2.22. The Hall–Kier alpha value is -4.20. The molecule has 1 amide bonds. The molecule has 0 radical (unpaired) electrons. The Morgan fingerprint density at radius 1 is 1.03 bits per heavy atom. The zero-order valence-corrected chi connectivity index (χ0v) is 21.8. The number of H-pyrrole nitrogens is 1. The fourth-order valence-corrected chi connectivity index (χ4v) is 4.81. The van der Waals surface area contributed by atoms with Crippen molar-refractivity contribution in [3.8, 4) is 28.4 Å². The number of amides is 1. The molecule has 8 heteroatoms. The van der Waals surface area contributed by atoms with Gasteiger partial charge in [0, 0.05) is 61.7 Å². The molecule has 0 atom stereocenters. The van der Waals surface area contributed by atoms with Crippen LogP contribution in [0.3, 0.4) is 0 Å². The predicted octanol–water partition coefficient (Wildman–Crippen LogP) is 5.27. The predicted molar refractivity (Wildman–Crippen MR) is 147 cm³/mol. The van der Waals surface area contributed by atoms with Crippen LogP contribution in [0.25, 0.3) is 22.6 Å². The van der Waals surface area contributed by atoms with E-state index >= 15 is 0 Å². The van der Waals surface area contributed by atoms with Crippen molar-refractivity contribution in [2.24, 2.45) is 0 Å². The summed E-state index contributed by atoms with van der Waals surface area (Å²) in [5.74, 6) is 2.29. The maximum atomic E-state index is 13.8. The summed E-state index contributed by atoms with van der Waals surface area (Å²) >= 11 is 0. The molecule has 1 saturated heterocycles. The molecule has 1 aliphatic rings. The first-order chi connectivity index (χ1) is 18.5. The van der Waals surface area contributed by atoms with Gasteiger partial charge in [0.2, 0.25) is 5.91 Å². The molecular weight excluding hydrogens is 481 g/mol. The van der Waals surface area contributed by atoms with Crippen molar-refractivity contribution in [2.45, 2.75) is 26.2 Å². The Balaban J connectivity index is 1.22. The standard InChI is InChI=1S/C30H32FN5O2/c1-21-19-23(11-12-25(21)31)30-33-26(29(34-30)22-7-4-3-5-8-22)9-6-10-28(37)36-17-15-35(16-18-36)27-20-24(38-2)13-14-32-27/h3-5,7-8,11-14,19-20H,6,9-10,15-18H2,1-2H3,(H,33,34). The van der Waals surface area contributed by atoms with Gasteiger partial charge in [-0.05, 0) is 49.6 Å². The molecule has 1 aliphatic heterocycles. The van der Waals surface area contributed by atoms with Crippen LogP contribution < -0.4 is 9.64 Å². The SMILES string of the molecule is COc1ccnc(N2CCN(C(=O)CCCc3[nH]c(-c4ccc(F)c(C)c4)nc3-c3ccccc3)CC2)c1. The zero-order chi connectivity index (χ0) is 26.5. The maximum Gasteiger partial charge on any atom is 0.222 e. The molecule has 0 unspecified atom stereocenters. The van der Waals surface area contributed by atoms with Crippen LogP contribution in [0.15, 0.2) is 66.9 Å². The average molecular weight is 514 g/mol. The average Bonchev–Trinajstić information content (AvgIpc) is 3.39. The number of rotatable bonds is 8. The van der Waals surface area contributed by atoms with Gasteiger partial charge < -0.3 is 19.5 Å². The van der Waals surface area contributed by atoms with Crippen LogP contribution in [-0.4, -0.2) is 59.0 Å². The molecule has 2 aromatic heterocycles. The lowest BCUT2D eigenvalue weighted by Gasteiger charge is -2.35. The first-order valence-electron chi connectivity index (χ1n) is 13.0. The van der Waals surface area contributed by atoms with Crippen LogP contribution in [0.4, 0.5) is 10.2 Å². The number of halogens is 1. The first kappa shape index (κ1) is 25.4. The van der Waals surface area contributed by atoms with Crippen LogP contribution >= 0.6 is 0 Å². The van der Waals surface area contributed by atoms with Crippen molar-refractivity contribution in [1.29, 1.82) is 0 Å². The Kier molecular flexibility index (Phi) is 7.67. The topological polar surface area (TPSA) is 74.3 Å². The highest BCUT2D eigenvalue weighted by atomic mass is 19.1. The lowest BCUT2D eigenvalue weighted by atomic mass is 10.1. The third-order valence-corrected chi connectivity index (χ3v) is 6.98. The molecule has 7 nitrogen and oxygen atoms in total. The molecule has 1 fully saturated rings. The number of piperazine rings is 1. The van der Waals surface area contributed by atoms with Crippen molar-refractivity contribution in [3.63, 3.8) is 0 Å². The number of carbonyl (C=O) groups is 1. The van der Waals surface area contributed by atoms with Gasteiger partial charge in [-0.2, -0.15) is 0 Å². The second-order valence-corrected chi connectivity index (χ2v) is 9.52. The Bertz CT molecular complexity index is 1400. The molecule has 38 heavy (non-hydrogen) atoms. The minimum absolute atomic E-state index is 0.165. The van der Waals surface area contributed by atoms with Crippen molar-refractivity contribution in [1.82, 2.24) is 19.9 Å². The Morgan fingerprint density at radius 2 is 1.82 bits per heavy atom. The van der Waals surface area contributed by atoms with E-state index in [1.54, 1.807) is 32.4 Å². The molecule has 0 aliphatic carbocycles. The molecule has 196 valence electrons. The molecular formula is C30H32FN5O2. The third kappa shape index (κ3) is 5.69. The van der Waals surface area contributed by atoms with Gasteiger partial charge in [-0.15, -0.1) is 0 Å². The third-order valence-electron chi connectivity index (χ3n) is 6.98. The van der Waals surface area contributed by atoms with Crippen LogP contribution in [0, 0.1) is 12.7 Å². The molecule has 3 heterocycles. The molecule has 0 saturated carbocycles. The van der Waals surface area contributed by atoms with Crippen molar-refractivity contribution >= 4 is 11.7 Å². The summed E-state index contributed by atoms with van der Waals surface area (Å²) in [5, 5.41) is 0. The molecule has 0 bridgehead atoms. The summed E-state index contributed by atoms with van der Waals surface area (Å²) in [4.78, 5) is 29.9. The summed E-state index contributed by atoms with van der Waals surface area (Å²) in [5.41, 5.74) is 4.28. The van der Waals surface area contributed by atoms with Gasteiger partial charge in [0.15, 0.2) is 0 Å². The van der Waals surface area contributed by atoms with Crippen LogP contribution in [0.1, 0.15) is 24.1 Å². The van der Waals surface area contributed by atoms with E-state index in [9.17, 15) is 9.18 Å². The number of aryl methyl sites for hydroxylation is 2. The highest BCUT2D eigenvalue weighted by molar-refractivity contribution is 5.76. The molecule has 4 aromatic rings. The summed E-state index contributed by atoms with van der Waals surface area (Å²) in [6, 6.07) is 18.8. The van der Waals surface area contributed by atoms with Crippen molar-refractivity contribution in [2.75, 3.05) is 38.2 Å². The quantitative estimate of drug-likeness (QED) is 0.348. The maximum absolute atomic E-state index is 13.8. The van der Waals surface area contributed by atoms with Gasteiger partial charge in [0.05, 0.1) is 12.8 Å². The monoisotopic (exact) mass is 513 g/mol. The number of carbonyl (C=O) groups excluding carboxylic acids is 1. The number of nitrogens with one attached hydrogen (secondary N) is 1. The van der Waals surface area contributed by atoms with E-state index in [0.29, 0.717) is 43.7 Å². The van der Waals surface area contributed by atoms with E-state index in [-0.39, 0.29) is 11.7 Å². The number of methoxy groups -OCH3 is 1. The number of nitrogens with zero attached hydrogens (tertiary/aromatic N) is 4. The second-order valence-electron chi connectivity index (χ2n) is 9.52. The first-order valence-corrected chi connectivity index (χ1v) is 13.0. The van der Waals surface area contributed by atoms with E-state index in [1.165, 1.54) is 6.07 Å². The van der Waals surface area contributed by atoms with E-state index in [1.807, 2.05) is 47.4 Å². The lowest BCUT2D eigenvalue weighted by molar-refractivity contribution is -0.131. The van der Waals surface area contributed by atoms with Crippen molar-refractivity contribution < 1.29 is 13.9 Å². The second kappa shape index (κ2) is 11.5. The largest absolute Gasteiger partial charge is 0.497 e. The number of benzene rings is 2. The van der Waals surface area contributed by atoms with Gasteiger partial charge >= 0.3 is 0 Å². The minimum Gasteiger partial charge on any atom is -0.497 e. The Morgan fingerprint density at radius 3 is 2.55 bits per heavy atom. The number of aromatic amines is 1. The number of hydrogen-bond donors (Lipinski definition) is 1. The molecule has 0 spiro atoms. The van der Waals surface area contributed by atoms with E-state index in [4.69, 9.17) is 9.72 Å². The molecule has 1 N–H and O–H groups in total. The Labute approximate surface area is 222 Å². The number of anilines is 1. The van der Waals surface area contributed by atoms with Crippen LogP contribution in [0.5, 0.6) is 5.75 Å². The van der Waals surface area contributed by atoms with Crippen LogP contribution in [-0.2, 0) is 11.2 Å². The highest BCUT2D eigenvalue weighted by Crippen LogP contribution is 2.28. The number of ether oxygens (including phenoxy) is 1. The fraction of sp³-hybridized carbons (Fsp3) is 0.300. The minimum atomic E-state index is -0.233. The number of hydrogen-bond acceptors (Lipinski definition) is 5. The molecule has 2 aromatic carbocycles. The van der Waals surface area contributed by atoms with E-state index in [2.05, 4.69) is 14.9 Å².